The van der Waals surface area contributed by atoms with Crippen LogP contribution in [-0.2, 0) is 9.84 Å². The van der Waals surface area contributed by atoms with E-state index >= 15 is 0 Å². The summed E-state index contributed by atoms with van der Waals surface area (Å²) < 4.78 is 23.3. The van der Waals surface area contributed by atoms with Crippen LogP contribution in [0.1, 0.15) is 18.5 Å². The van der Waals surface area contributed by atoms with Crippen LogP contribution in [0.3, 0.4) is 0 Å². The molecule has 2 rings (SSSR count). The molecule has 1 aliphatic heterocycles. The van der Waals surface area contributed by atoms with Gasteiger partial charge in [0.25, 0.3) is 0 Å². The second-order valence-corrected chi connectivity index (χ2v) is 7.25. The van der Waals surface area contributed by atoms with Crippen molar-refractivity contribution in [1.29, 1.82) is 0 Å². The zero-order valence-corrected chi connectivity index (χ0v) is 13.3. The lowest BCUT2D eigenvalue weighted by molar-refractivity contribution is 0.171. The highest BCUT2D eigenvalue weighted by Gasteiger charge is 2.24. The maximum atomic E-state index is 11.6. The molecule has 1 aliphatic rings. The molecule has 1 aromatic rings. The lowest BCUT2D eigenvalue weighted by Gasteiger charge is -2.36. The Bertz CT molecular complexity index is 496. The summed E-state index contributed by atoms with van der Waals surface area (Å²) in [5, 5.41) is 3.36. The van der Waals surface area contributed by atoms with Gasteiger partial charge in [-0.3, -0.25) is 9.88 Å². The van der Waals surface area contributed by atoms with Crippen molar-refractivity contribution < 1.29 is 8.42 Å². The van der Waals surface area contributed by atoms with Crippen molar-refractivity contribution >= 4 is 22.2 Å². The number of rotatable bonds is 5. The van der Waals surface area contributed by atoms with E-state index in [9.17, 15) is 8.42 Å². The van der Waals surface area contributed by atoms with Gasteiger partial charge >= 0.3 is 0 Å². The van der Waals surface area contributed by atoms with Crippen LogP contribution in [0.15, 0.2) is 24.5 Å². The highest BCUT2D eigenvalue weighted by molar-refractivity contribution is 7.91. The second kappa shape index (κ2) is 7.93. The molecule has 1 N–H and O–H groups in total. The zero-order valence-electron chi connectivity index (χ0n) is 11.7. The summed E-state index contributed by atoms with van der Waals surface area (Å²) >= 11 is 0. The molecule has 1 unspecified atom stereocenters. The fourth-order valence-corrected chi connectivity index (χ4v) is 3.12. The van der Waals surface area contributed by atoms with Crippen molar-refractivity contribution in [2.24, 2.45) is 0 Å². The molecule has 0 aliphatic carbocycles. The van der Waals surface area contributed by atoms with E-state index in [0.717, 1.165) is 25.2 Å². The number of nitrogens with one attached hydrogen (secondary N) is 1. The van der Waals surface area contributed by atoms with E-state index in [4.69, 9.17) is 0 Å². The van der Waals surface area contributed by atoms with E-state index < -0.39 is 9.84 Å². The average Bonchev–Trinajstić information content (AvgIpc) is 2.46. The van der Waals surface area contributed by atoms with E-state index in [2.05, 4.69) is 15.2 Å². The minimum atomic E-state index is -2.90. The van der Waals surface area contributed by atoms with Crippen molar-refractivity contribution in [2.75, 3.05) is 37.7 Å². The van der Waals surface area contributed by atoms with Crippen molar-refractivity contribution in [2.45, 2.75) is 13.0 Å². The monoisotopic (exact) mass is 319 g/mol. The summed E-state index contributed by atoms with van der Waals surface area (Å²) in [6.45, 7) is 4.92. The third-order valence-corrected chi connectivity index (χ3v) is 5.24. The van der Waals surface area contributed by atoms with Gasteiger partial charge in [-0.15, -0.1) is 12.4 Å². The van der Waals surface area contributed by atoms with Crippen LogP contribution in [0.5, 0.6) is 0 Å². The molecule has 0 bridgehead atoms. The van der Waals surface area contributed by atoms with Gasteiger partial charge in [0.1, 0.15) is 0 Å². The minimum absolute atomic E-state index is 0. The Morgan fingerprint density at radius 2 is 2.30 bits per heavy atom. The molecule has 2 heterocycles. The molecular formula is C13H22ClN3O2S. The molecule has 1 aromatic heterocycles. The van der Waals surface area contributed by atoms with Gasteiger partial charge < -0.3 is 5.32 Å². The van der Waals surface area contributed by atoms with Crippen molar-refractivity contribution in [3.63, 3.8) is 0 Å². The highest BCUT2D eigenvalue weighted by atomic mass is 35.5. The third-order valence-electron chi connectivity index (χ3n) is 3.55. The van der Waals surface area contributed by atoms with Crippen LogP contribution in [0.25, 0.3) is 0 Å². The van der Waals surface area contributed by atoms with Gasteiger partial charge in [-0.25, -0.2) is 8.42 Å². The lowest BCUT2D eigenvalue weighted by Crippen LogP contribution is -2.47. The summed E-state index contributed by atoms with van der Waals surface area (Å²) in [5.74, 6) is 0.455. The van der Waals surface area contributed by atoms with Gasteiger partial charge in [0.05, 0.1) is 5.75 Å². The smallest absolute Gasteiger partial charge is 0.151 e. The molecule has 5 nitrogen and oxygen atoms in total. The molecule has 0 aromatic carbocycles. The molecule has 0 saturated carbocycles. The number of pyridine rings is 1. The number of hydrogen-bond donors (Lipinski definition) is 1. The average molecular weight is 320 g/mol. The number of halogens is 1. The first-order chi connectivity index (χ1) is 9.12. The van der Waals surface area contributed by atoms with Gasteiger partial charge in [-0.1, -0.05) is 13.0 Å². The Morgan fingerprint density at radius 1 is 1.50 bits per heavy atom. The molecule has 1 fully saturated rings. The van der Waals surface area contributed by atoms with Crippen molar-refractivity contribution in [3.05, 3.63) is 30.1 Å². The van der Waals surface area contributed by atoms with Crippen LogP contribution >= 0.6 is 12.4 Å². The van der Waals surface area contributed by atoms with E-state index in [1.54, 1.807) is 13.1 Å². The Hall–Kier alpha value is -0.690. The lowest BCUT2D eigenvalue weighted by atomic mass is 10.1. The van der Waals surface area contributed by atoms with E-state index in [-0.39, 0.29) is 30.0 Å². The molecule has 114 valence electrons. The maximum absolute atomic E-state index is 11.6. The molecule has 7 heteroatoms. The largest absolute Gasteiger partial charge is 0.314 e. The van der Waals surface area contributed by atoms with Gasteiger partial charge in [-0.05, 0) is 11.6 Å². The summed E-state index contributed by atoms with van der Waals surface area (Å²) in [6, 6.07) is 4.19. The molecule has 1 atom stereocenters. The molecule has 0 amide bonds. The predicted octanol–water partition coefficient (Wildman–Crippen LogP) is 0.884. The molecule has 1 saturated heterocycles. The van der Waals surface area contributed by atoms with E-state index in [1.165, 1.54) is 0 Å². The van der Waals surface area contributed by atoms with Gasteiger partial charge in [0.2, 0.25) is 0 Å². The zero-order chi connectivity index (χ0) is 13.7. The Morgan fingerprint density at radius 3 is 2.95 bits per heavy atom. The topological polar surface area (TPSA) is 62.3 Å². The first-order valence-corrected chi connectivity index (χ1v) is 8.49. The maximum Gasteiger partial charge on any atom is 0.151 e. The first kappa shape index (κ1) is 17.4. The van der Waals surface area contributed by atoms with Gasteiger partial charge in [0, 0.05) is 50.4 Å². The van der Waals surface area contributed by atoms with Gasteiger partial charge in [0.15, 0.2) is 9.84 Å². The van der Waals surface area contributed by atoms with Crippen LogP contribution in [0.4, 0.5) is 0 Å². The molecule has 0 spiro atoms. The molecule has 0 radical (unpaired) electrons. The summed E-state index contributed by atoms with van der Waals surface area (Å²) in [6.07, 6.45) is 3.62. The van der Waals surface area contributed by atoms with Crippen molar-refractivity contribution in [3.8, 4) is 0 Å². The van der Waals surface area contributed by atoms with Gasteiger partial charge in [-0.2, -0.15) is 0 Å². The quantitative estimate of drug-likeness (QED) is 0.873. The summed E-state index contributed by atoms with van der Waals surface area (Å²) in [5.41, 5.74) is 1.14. The number of sulfone groups is 1. The SMILES string of the molecule is CCS(=O)(=O)CCN1CCNCC1c1cccnc1.Cl. The van der Waals surface area contributed by atoms with Crippen LogP contribution < -0.4 is 5.32 Å². The fourth-order valence-electron chi connectivity index (χ4n) is 2.32. The Balaban J connectivity index is 0.00000200. The fraction of sp³-hybridized carbons (Fsp3) is 0.615. The number of hydrogen-bond acceptors (Lipinski definition) is 5. The molecular weight excluding hydrogens is 298 g/mol. The normalized spacial score (nSPS) is 20.4. The summed E-state index contributed by atoms with van der Waals surface area (Å²) in [4.78, 5) is 6.38. The third kappa shape index (κ3) is 4.70. The summed E-state index contributed by atoms with van der Waals surface area (Å²) in [7, 11) is -2.90. The first-order valence-electron chi connectivity index (χ1n) is 6.67. The Labute approximate surface area is 127 Å². The van der Waals surface area contributed by atoms with Crippen molar-refractivity contribution in [1.82, 2.24) is 15.2 Å². The van der Waals surface area contributed by atoms with Crippen LogP contribution in [0.2, 0.25) is 0 Å². The minimum Gasteiger partial charge on any atom is -0.314 e. The highest BCUT2D eigenvalue weighted by Crippen LogP contribution is 2.21. The van der Waals surface area contributed by atoms with E-state index in [0.29, 0.717) is 6.54 Å². The number of aromatic nitrogens is 1. The number of nitrogens with zero attached hydrogens (tertiary/aromatic N) is 2. The predicted molar refractivity (Wildman–Crippen MR) is 83.0 cm³/mol. The Kier molecular flexibility index (Phi) is 6.88. The second-order valence-electron chi connectivity index (χ2n) is 4.78. The van der Waals surface area contributed by atoms with Crippen LogP contribution in [-0.4, -0.2) is 56.0 Å². The van der Waals surface area contributed by atoms with E-state index in [1.807, 2.05) is 18.3 Å². The standard InChI is InChI=1S/C13H21N3O2S.ClH/c1-2-19(17,18)9-8-16-7-6-15-11-13(16)12-4-3-5-14-10-12;/h3-5,10,13,15H,2,6-9,11H2,1H3;1H. The molecule has 20 heavy (non-hydrogen) atoms. The number of piperazine rings is 1. The van der Waals surface area contributed by atoms with Crippen LogP contribution in [0, 0.1) is 0 Å².